The molecule has 0 aromatic carbocycles. The first-order valence-corrected chi connectivity index (χ1v) is 10.9. The first-order chi connectivity index (χ1) is 14.0. The highest BCUT2D eigenvalue weighted by Gasteiger charge is 2.63. The zero-order valence-corrected chi connectivity index (χ0v) is 18.7. The smallest absolute Gasteiger partial charge is 0.336 e. The lowest BCUT2D eigenvalue weighted by Crippen LogP contribution is -2.55. The van der Waals surface area contributed by atoms with Gasteiger partial charge in [-0.2, -0.15) is 0 Å². The summed E-state index contributed by atoms with van der Waals surface area (Å²) in [5.74, 6) is -0.118. The number of ether oxygens (including phenoxy) is 2. The molecule has 1 fully saturated rings. The standard InChI is InChI=1S/C25H32O5/c1-13(2)11-19-21-16(5)17-8-7-15(4)25(17,28)23(27)22(21)24(6,30-19)10-9-18-14(3)12-20(26)29-18/h9,11-12,15-17,19,28H,7-8,10H2,1-6H3/b18-9-/t15-,16-,17-,19+,24-,25+/m0/s1. The van der Waals surface area contributed by atoms with Gasteiger partial charge in [-0.25, -0.2) is 4.79 Å². The molecule has 0 amide bonds. The summed E-state index contributed by atoms with van der Waals surface area (Å²) in [5.41, 5.74) is 1.31. The zero-order valence-electron chi connectivity index (χ0n) is 18.7. The van der Waals surface area contributed by atoms with Gasteiger partial charge in [0.2, 0.25) is 0 Å². The maximum absolute atomic E-state index is 13.8. The summed E-state index contributed by atoms with van der Waals surface area (Å²) in [7, 11) is 0. The van der Waals surface area contributed by atoms with E-state index in [1.165, 1.54) is 6.08 Å². The summed E-state index contributed by atoms with van der Waals surface area (Å²) in [6.07, 6.45) is 7.17. The molecule has 4 aliphatic rings. The maximum Gasteiger partial charge on any atom is 0.336 e. The fourth-order valence-corrected chi connectivity index (χ4v) is 5.92. The molecule has 0 bridgehead atoms. The van der Waals surface area contributed by atoms with Gasteiger partial charge in [0, 0.05) is 24.0 Å². The van der Waals surface area contributed by atoms with Crippen molar-refractivity contribution in [1.29, 1.82) is 0 Å². The molecule has 0 unspecified atom stereocenters. The molecule has 0 radical (unpaired) electrons. The van der Waals surface area contributed by atoms with Crippen molar-refractivity contribution in [3.8, 4) is 0 Å². The number of fused-ring (bicyclic) bond motifs is 1. The van der Waals surface area contributed by atoms with Crippen molar-refractivity contribution >= 4 is 11.8 Å². The van der Waals surface area contributed by atoms with E-state index in [0.29, 0.717) is 17.8 Å². The molecule has 2 heterocycles. The van der Waals surface area contributed by atoms with Crippen LogP contribution in [0.1, 0.15) is 60.8 Å². The molecule has 2 aliphatic carbocycles. The van der Waals surface area contributed by atoms with Crippen LogP contribution in [0.15, 0.2) is 46.3 Å². The van der Waals surface area contributed by atoms with Gasteiger partial charge in [-0.15, -0.1) is 0 Å². The first kappa shape index (κ1) is 21.3. The maximum atomic E-state index is 13.8. The summed E-state index contributed by atoms with van der Waals surface area (Å²) in [4.78, 5) is 25.4. The van der Waals surface area contributed by atoms with Gasteiger partial charge in [0.1, 0.15) is 11.4 Å². The SMILES string of the molecule is CC(C)=C[C@H]1O[C@@](C)(C/C=C2\OC(=O)C=C2C)C2=C1[C@@H](C)[C@@H]1CC[C@H](C)[C@]1(O)C2=O. The average Bonchev–Trinajstić information content (AvgIpc) is 3.24. The minimum absolute atomic E-state index is 0.0636. The van der Waals surface area contributed by atoms with Crippen LogP contribution in [0.4, 0.5) is 0 Å². The quantitative estimate of drug-likeness (QED) is 0.556. The number of ketones is 1. The van der Waals surface area contributed by atoms with Crippen LogP contribution in [0, 0.1) is 17.8 Å². The number of allylic oxidation sites excluding steroid dienone is 2. The van der Waals surface area contributed by atoms with Crippen molar-refractivity contribution in [2.75, 3.05) is 0 Å². The minimum Gasteiger partial charge on any atom is -0.423 e. The molecule has 162 valence electrons. The highest BCUT2D eigenvalue weighted by atomic mass is 16.5. The van der Waals surface area contributed by atoms with Crippen molar-refractivity contribution < 1.29 is 24.2 Å². The Morgan fingerprint density at radius 1 is 1.27 bits per heavy atom. The van der Waals surface area contributed by atoms with E-state index in [2.05, 4.69) is 13.0 Å². The van der Waals surface area contributed by atoms with Crippen LogP contribution in [0.3, 0.4) is 0 Å². The molecular formula is C25H32O5. The Balaban J connectivity index is 1.79. The zero-order chi connectivity index (χ0) is 22.0. The third kappa shape index (κ3) is 2.97. The van der Waals surface area contributed by atoms with Crippen LogP contribution in [0.2, 0.25) is 0 Å². The number of rotatable bonds is 3. The first-order valence-electron chi connectivity index (χ1n) is 10.9. The monoisotopic (exact) mass is 412 g/mol. The normalized spacial score (nSPS) is 41.7. The van der Waals surface area contributed by atoms with Crippen molar-refractivity contribution in [1.82, 2.24) is 0 Å². The summed E-state index contributed by atoms with van der Waals surface area (Å²) in [5, 5.41) is 11.6. The Labute approximate surface area is 178 Å². The predicted octanol–water partition coefficient (Wildman–Crippen LogP) is 4.18. The van der Waals surface area contributed by atoms with Crippen LogP contribution < -0.4 is 0 Å². The predicted molar refractivity (Wildman–Crippen MR) is 113 cm³/mol. The molecular weight excluding hydrogens is 380 g/mol. The lowest BCUT2D eigenvalue weighted by Gasteiger charge is -2.42. The van der Waals surface area contributed by atoms with Crippen LogP contribution in [-0.2, 0) is 19.1 Å². The van der Waals surface area contributed by atoms with Gasteiger partial charge in [0.15, 0.2) is 5.78 Å². The van der Waals surface area contributed by atoms with Crippen LogP contribution >= 0.6 is 0 Å². The van der Waals surface area contributed by atoms with Crippen molar-refractivity contribution in [3.63, 3.8) is 0 Å². The Hall–Kier alpha value is -1.98. The van der Waals surface area contributed by atoms with Crippen LogP contribution in [-0.4, -0.2) is 34.2 Å². The van der Waals surface area contributed by atoms with Crippen LogP contribution in [0.5, 0.6) is 0 Å². The molecule has 1 N–H and O–H groups in total. The van der Waals surface area contributed by atoms with Crippen LogP contribution in [0.25, 0.3) is 0 Å². The summed E-state index contributed by atoms with van der Waals surface area (Å²) in [6, 6.07) is 0. The van der Waals surface area contributed by atoms with Crippen molar-refractivity contribution in [2.24, 2.45) is 17.8 Å². The Morgan fingerprint density at radius 2 is 1.97 bits per heavy atom. The molecule has 5 heteroatoms. The van der Waals surface area contributed by atoms with E-state index in [4.69, 9.17) is 9.47 Å². The van der Waals surface area contributed by atoms with E-state index in [0.717, 1.165) is 29.6 Å². The highest BCUT2D eigenvalue weighted by Crippen LogP contribution is 2.57. The summed E-state index contributed by atoms with van der Waals surface area (Å²) >= 11 is 0. The van der Waals surface area contributed by atoms with Gasteiger partial charge in [-0.3, -0.25) is 4.79 Å². The third-order valence-corrected chi connectivity index (χ3v) is 7.52. The molecule has 30 heavy (non-hydrogen) atoms. The molecule has 0 aromatic heterocycles. The van der Waals surface area contributed by atoms with Gasteiger partial charge >= 0.3 is 5.97 Å². The number of esters is 1. The molecule has 0 aromatic rings. The van der Waals surface area contributed by atoms with E-state index in [1.54, 1.807) is 0 Å². The summed E-state index contributed by atoms with van der Waals surface area (Å²) < 4.78 is 11.8. The molecule has 4 rings (SSSR count). The number of hydrogen-bond acceptors (Lipinski definition) is 5. The largest absolute Gasteiger partial charge is 0.423 e. The third-order valence-electron chi connectivity index (χ3n) is 7.52. The van der Waals surface area contributed by atoms with Crippen molar-refractivity contribution in [3.05, 3.63) is 46.3 Å². The molecule has 1 saturated carbocycles. The number of aliphatic hydroxyl groups is 1. The lowest BCUT2D eigenvalue weighted by atomic mass is 9.62. The highest BCUT2D eigenvalue weighted by molar-refractivity contribution is 6.06. The molecule has 0 spiro atoms. The molecule has 6 atom stereocenters. The Kier molecular flexibility index (Phi) is 4.98. The van der Waals surface area contributed by atoms with E-state index < -0.39 is 11.2 Å². The molecule has 2 aliphatic heterocycles. The van der Waals surface area contributed by atoms with E-state index >= 15 is 0 Å². The molecule has 0 saturated heterocycles. The Bertz CT molecular complexity index is 931. The number of hydrogen-bond donors (Lipinski definition) is 1. The number of carbonyl (C=O) groups is 2. The van der Waals surface area contributed by atoms with Gasteiger partial charge in [-0.1, -0.05) is 25.5 Å². The van der Waals surface area contributed by atoms with E-state index in [-0.39, 0.29) is 35.6 Å². The topological polar surface area (TPSA) is 72.8 Å². The molecule has 5 nitrogen and oxygen atoms in total. The summed E-state index contributed by atoms with van der Waals surface area (Å²) in [6.45, 7) is 11.9. The van der Waals surface area contributed by atoms with Crippen molar-refractivity contribution in [2.45, 2.75) is 78.1 Å². The second-order valence-corrected chi connectivity index (χ2v) is 9.89. The van der Waals surface area contributed by atoms with E-state index in [9.17, 15) is 14.7 Å². The minimum atomic E-state index is -1.33. The second-order valence-electron chi connectivity index (χ2n) is 9.89. The average molecular weight is 413 g/mol. The van der Waals surface area contributed by atoms with E-state index in [1.807, 2.05) is 40.7 Å². The number of cyclic esters (lactones) is 1. The van der Waals surface area contributed by atoms with Gasteiger partial charge in [-0.05, 0) is 69.6 Å². The number of Topliss-reactive ketones (excluding diaryl/α,β-unsaturated/α-hetero) is 1. The van der Waals surface area contributed by atoms with Gasteiger partial charge < -0.3 is 14.6 Å². The lowest BCUT2D eigenvalue weighted by molar-refractivity contribution is -0.146. The fraction of sp³-hybridized carbons (Fsp3) is 0.600. The fourth-order valence-electron chi connectivity index (χ4n) is 5.92. The van der Waals surface area contributed by atoms with Gasteiger partial charge in [0.05, 0.1) is 11.7 Å². The second kappa shape index (κ2) is 7.03. The Morgan fingerprint density at radius 3 is 2.57 bits per heavy atom. The number of carbonyl (C=O) groups excluding carboxylic acids is 2. The van der Waals surface area contributed by atoms with Gasteiger partial charge in [0.25, 0.3) is 0 Å².